The molecule has 0 saturated carbocycles. The fourth-order valence-corrected chi connectivity index (χ4v) is 2.40. The molecule has 1 aromatic rings. The van der Waals surface area contributed by atoms with Crippen molar-refractivity contribution in [1.82, 2.24) is 4.98 Å². The lowest BCUT2D eigenvalue weighted by atomic mass is 9.97. The number of rotatable bonds is 2. The summed E-state index contributed by atoms with van der Waals surface area (Å²) in [5, 5.41) is 0. The first-order valence-electron chi connectivity index (χ1n) is 5.65. The third kappa shape index (κ3) is 2.97. The Morgan fingerprint density at radius 3 is 2.82 bits per heavy atom. The van der Waals surface area contributed by atoms with Gasteiger partial charge in [0.25, 0.3) is 0 Å². The summed E-state index contributed by atoms with van der Waals surface area (Å²) in [6.07, 6.45) is 3.45. The standard InChI is InChI=1S/C12H15BrN2O2/c1-17-12(16)9-3-6-15(7-4-9)11-8-10(13)2-5-14-11/h2,5,8-9H,3-4,6-7H2,1H3. The van der Waals surface area contributed by atoms with Gasteiger partial charge in [-0.05, 0) is 25.0 Å². The minimum Gasteiger partial charge on any atom is -0.469 e. The lowest BCUT2D eigenvalue weighted by Gasteiger charge is -2.31. The van der Waals surface area contributed by atoms with Crippen LogP contribution in [-0.4, -0.2) is 31.2 Å². The molecule has 0 aliphatic carbocycles. The largest absolute Gasteiger partial charge is 0.469 e. The van der Waals surface area contributed by atoms with E-state index in [1.54, 1.807) is 6.20 Å². The minimum atomic E-state index is -0.0909. The van der Waals surface area contributed by atoms with Gasteiger partial charge in [-0.1, -0.05) is 15.9 Å². The first kappa shape index (κ1) is 12.4. The molecule has 0 radical (unpaired) electrons. The zero-order chi connectivity index (χ0) is 12.3. The van der Waals surface area contributed by atoms with Crippen molar-refractivity contribution in [3.05, 3.63) is 22.8 Å². The summed E-state index contributed by atoms with van der Waals surface area (Å²) >= 11 is 3.43. The van der Waals surface area contributed by atoms with Crippen LogP contribution in [0.2, 0.25) is 0 Å². The zero-order valence-electron chi connectivity index (χ0n) is 9.73. The van der Waals surface area contributed by atoms with Gasteiger partial charge in [-0.25, -0.2) is 4.98 Å². The Morgan fingerprint density at radius 2 is 2.24 bits per heavy atom. The Bertz CT molecular complexity index is 403. The number of nitrogens with zero attached hydrogens (tertiary/aromatic N) is 2. The highest BCUT2D eigenvalue weighted by Crippen LogP contribution is 2.24. The SMILES string of the molecule is COC(=O)C1CCN(c2cc(Br)ccn2)CC1. The smallest absolute Gasteiger partial charge is 0.308 e. The molecule has 5 heteroatoms. The summed E-state index contributed by atoms with van der Waals surface area (Å²) in [6, 6.07) is 3.91. The molecule has 92 valence electrons. The monoisotopic (exact) mass is 298 g/mol. The highest BCUT2D eigenvalue weighted by molar-refractivity contribution is 9.10. The van der Waals surface area contributed by atoms with Gasteiger partial charge >= 0.3 is 5.97 Å². The summed E-state index contributed by atoms with van der Waals surface area (Å²) in [7, 11) is 1.45. The second kappa shape index (κ2) is 5.49. The van der Waals surface area contributed by atoms with E-state index in [1.165, 1.54) is 7.11 Å². The zero-order valence-corrected chi connectivity index (χ0v) is 11.3. The van der Waals surface area contributed by atoms with E-state index in [0.29, 0.717) is 0 Å². The third-order valence-corrected chi connectivity index (χ3v) is 3.55. The molecule has 1 aliphatic rings. The van der Waals surface area contributed by atoms with Crippen LogP contribution in [0.3, 0.4) is 0 Å². The average Bonchev–Trinajstić information content (AvgIpc) is 2.38. The number of esters is 1. The highest BCUT2D eigenvalue weighted by atomic mass is 79.9. The second-order valence-electron chi connectivity index (χ2n) is 4.12. The molecule has 2 heterocycles. The number of anilines is 1. The van der Waals surface area contributed by atoms with E-state index in [-0.39, 0.29) is 11.9 Å². The van der Waals surface area contributed by atoms with Crippen LogP contribution >= 0.6 is 15.9 Å². The average molecular weight is 299 g/mol. The highest BCUT2D eigenvalue weighted by Gasteiger charge is 2.26. The predicted octanol–water partition coefficient (Wildman–Crippen LogP) is 2.23. The number of carbonyl (C=O) groups excluding carboxylic acids is 1. The van der Waals surface area contributed by atoms with Gasteiger partial charge in [0.1, 0.15) is 5.82 Å². The Morgan fingerprint density at radius 1 is 1.53 bits per heavy atom. The molecule has 1 aliphatic heterocycles. The van der Waals surface area contributed by atoms with E-state index in [1.807, 2.05) is 12.1 Å². The molecule has 1 aromatic heterocycles. The van der Waals surface area contributed by atoms with Gasteiger partial charge in [-0.15, -0.1) is 0 Å². The molecular weight excluding hydrogens is 284 g/mol. The Hall–Kier alpha value is -1.10. The molecule has 0 aromatic carbocycles. The molecule has 2 rings (SSSR count). The van der Waals surface area contributed by atoms with E-state index in [0.717, 1.165) is 36.2 Å². The minimum absolute atomic E-state index is 0.0448. The number of ether oxygens (including phenoxy) is 1. The van der Waals surface area contributed by atoms with E-state index >= 15 is 0 Å². The fourth-order valence-electron chi connectivity index (χ4n) is 2.08. The number of hydrogen-bond donors (Lipinski definition) is 0. The molecule has 1 saturated heterocycles. The van der Waals surface area contributed by atoms with Gasteiger partial charge in [0, 0.05) is 23.8 Å². The molecular formula is C12H15BrN2O2. The summed E-state index contributed by atoms with van der Waals surface area (Å²) in [5.74, 6) is 0.915. The lowest BCUT2D eigenvalue weighted by Crippen LogP contribution is -2.37. The van der Waals surface area contributed by atoms with Crippen LogP contribution in [0, 0.1) is 5.92 Å². The van der Waals surface area contributed by atoms with Gasteiger partial charge in [-0.3, -0.25) is 4.79 Å². The maximum absolute atomic E-state index is 11.4. The van der Waals surface area contributed by atoms with Crippen molar-refractivity contribution in [2.75, 3.05) is 25.1 Å². The maximum atomic E-state index is 11.4. The Labute approximate surface area is 109 Å². The number of methoxy groups -OCH3 is 1. The second-order valence-corrected chi connectivity index (χ2v) is 5.03. The topological polar surface area (TPSA) is 42.4 Å². The number of hydrogen-bond acceptors (Lipinski definition) is 4. The van der Waals surface area contributed by atoms with E-state index in [2.05, 4.69) is 25.8 Å². The molecule has 0 N–H and O–H groups in total. The maximum Gasteiger partial charge on any atom is 0.308 e. The Kier molecular flexibility index (Phi) is 3.99. The van der Waals surface area contributed by atoms with Gasteiger partial charge in [-0.2, -0.15) is 0 Å². The normalized spacial score (nSPS) is 16.9. The number of pyridine rings is 1. The predicted molar refractivity (Wildman–Crippen MR) is 68.9 cm³/mol. The van der Waals surface area contributed by atoms with Crippen LogP contribution in [0.4, 0.5) is 5.82 Å². The van der Waals surface area contributed by atoms with Crippen molar-refractivity contribution in [1.29, 1.82) is 0 Å². The van der Waals surface area contributed by atoms with Crippen molar-refractivity contribution >= 4 is 27.7 Å². The van der Waals surface area contributed by atoms with E-state index in [9.17, 15) is 4.79 Å². The van der Waals surface area contributed by atoms with Crippen molar-refractivity contribution in [3.63, 3.8) is 0 Å². The van der Waals surface area contributed by atoms with Crippen LogP contribution in [-0.2, 0) is 9.53 Å². The molecule has 0 amide bonds. The van der Waals surface area contributed by atoms with Crippen LogP contribution < -0.4 is 4.90 Å². The first-order chi connectivity index (χ1) is 8.20. The van der Waals surface area contributed by atoms with E-state index in [4.69, 9.17) is 4.74 Å². The molecule has 4 nitrogen and oxygen atoms in total. The first-order valence-corrected chi connectivity index (χ1v) is 6.44. The van der Waals surface area contributed by atoms with Crippen molar-refractivity contribution < 1.29 is 9.53 Å². The van der Waals surface area contributed by atoms with E-state index < -0.39 is 0 Å². The molecule has 0 unspecified atom stereocenters. The van der Waals surface area contributed by atoms with Gasteiger partial charge in [0.05, 0.1) is 13.0 Å². The number of aromatic nitrogens is 1. The summed E-state index contributed by atoms with van der Waals surface area (Å²) in [4.78, 5) is 17.9. The number of piperidine rings is 1. The summed E-state index contributed by atoms with van der Waals surface area (Å²) in [6.45, 7) is 1.70. The van der Waals surface area contributed by atoms with Gasteiger partial charge in [0.2, 0.25) is 0 Å². The molecule has 0 spiro atoms. The quantitative estimate of drug-likeness (QED) is 0.785. The van der Waals surface area contributed by atoms with Crippen LogP contribution in [0.1, 0.15) is 12.8 Å². The van der Waals surface area contributed by atoms with Crippen molar-refractivity contribution in [3.8, 4) is 0 Å². The Balaban J connectivity index is 1.97. The third-order valence-electron chi connectivity index (χ3n) is 3.06. The molecule has 0 bridgehead atoms. The van der Waals surface area contributed by atoms with Crippen molar-refractivity contribution in [2.45, 2.75) is 12.8 Å². The lowest BCUT2D eigenvalue weighted by molar-refractivity contribution is -0.146. The molecule has 0 atom stereocenters. The number of halogens is 1. The van der Waals surface area contributed by atoms with Crippen LogP contribution in [0.25, 0.3) is 0 Å². The van der Waals surface area contributed by atoms with Gasteiger partial charge in [0.15, 0.2) is 0 Å². The van der Waals surface area contributed by atoms with Crippen LogP contribution in [0.15, 0.2) is 22.8 Å². The van der Waals surface area contributed by atoms with Gasteiger partial charge < -0.3 is 9.64 Å². The van der Waals surface area contributed by atoms with Crippen molar-refractivity contribution in [2.24, 2.45) is 5.92 Å². The van der Waals surface area contributed by atoms with Crippen LogP contribution in [0.5, 0.6) is 0 Å². The molecule has 17 heavy (non-hydrogen) atoms. The summed E-state index contributed by atoms with van der Waals surface area (Å²) in [5.41, 5.74) is 0. The molecule has 1 fully saturated rings. The number of carbonyl (C=O) groups is 1. The fraction of sp³-hybridized carbons (Fsp3) is 0.500. The summed E-state index contributed by atoms with van der Waals surface area (Å²) < 4.78 is 5.79.